The van der Waals surface area contributed by atoms with Crippen LogP contribution < -0.4 is 5.32 Å². The molecular weight excluding hydrogens is 264 g/mol. The van der Waals surface area contributed by atoms with Crippen molar-refractivity contribution in [2.24, 2.45) is 0 Å². The van der Waals surface area contributed by atoms with Gasteiger partial charge in [-0.25, -0.2) is 4.79 Å². The summed E-state index contributed by atoms with van der Waals surface area (Å²) in [6.45, 7) is 0.181. The van der Waals surface area contributed by atoms with E-state index in [0.717, 1.165) is 0 Å². The Bertz CT molecular complexity index is 452. The highest BCUT2D eigenvalue weighted by molar-refractivity contribution is 6.33. The number of carboxylic acid groups (broad SMARTS) is 1. The molecule has 7 nitrogen and oxygen atoms in total. The summed E-state index contributed by atoms with van der Waals surface area (Å²) >= 11 is 5.83. The molecule has 1 rings (SSSR count). The number of carbonyl (C=O) groups is 1. The molecule has 0 unspecified atom stereocenters. The van der Waals surface area contributed by atoms with E-state index in [0.29, 0.717) is 12.2 Å². The third-order valence-corrected chi connectivity index (χ3v) is 2.26. The van der Waals surface area contributed by atoms with Gasteiger partial charge in [0.15, 0.2) is 0 Å². The SMILES string of the molecule is O=C(O)COCCNc1ccc([N+](=O)[O-])cc1Cl. The van der Waals surface area contributed by atoms with Crippen molar-refractivity contribution in [3.05, 3.63) is 33.3 Å². The van der Waals surface area contributed by atoms with Gasteiger partial charge < -0.3 is 15.2 Å². The fraction of sp³-hybridized carbons (Fsp3) is 0.300. The second kappa shape index (κ2) is 6.77. The summed E-state index contributed by atoms with van der Waals surface area (Å²) in [5.41, 5.74) is 0.439. The van der Waals surface area contributed by atoms with Crippen LogP contribution in [0.25, 0.3) is 0 Å². The van der Waals surface area contributed by atoms with Gasteiger partial charge in [0.2, 0.25) is 0 Å². The molecule has 18 heavy (non-hydrogen) atoms. The minimum atomic E-state index is -1.04. The van der Waals surface area contributed by atoms with Gasteiger partial charge in [0.25, 0.3) is 5.69 Å². The number of ether oxygens (including phenoxy) is 1. The van der Waals surface area contributed by atoms with Crippen LogP contribution in [0.3, 0.4) is 0 Å². The fourth-order valence-corrected chi connectivity index (χ4v) is 1.42. The van der Waals surface area contributed by atoms with Crippen LogP contribution >= 0.6 is 11.6 Å². The molecule has 0 amide bonds. The lowest BCUT2D eigenvalue weighted by Gasteiger charge is -2.07. The molecule has 0 aliphatic heterocycles. The van der Waals surface area contributed by atoms with Gasteiger partial charge in [0, 0.05) is 18.7 Å². The predicted molar refractivity (Wildman–Crippen MR) is 65.1 cm³/mol. The lowest BCUT2D eigenvalue weighted by molar-refractivity contribution is -0.384. The number of benzene rings is 1. The predicted octanol–water partition coefficient (Wildman–Crippen LogP) is 1.76. The van der Waals surface area contributed by atoms with Crippen molar-refractivity contribution in [2.45, 2.75) is 0 Å². The molecule has 0 saturated carbocycles. The van der Waals surface area contributed by atoms with Crippen molar-refractivity contribution in [1.82, 2.24) is 0 Å². The normalized spacial score (nSPS) is 10.1. The molecule has 1 aromatic carbocycles. The van der Waals surface area contributed by atoms with Gasteiger partial charge in [-0.3, -0.25) is 10.1 Å². The molecule has 8 heteroatoms. The topological polar surface area (TPSA) is 102 Å². The molecule has 0 radical (unpaired) electrons. The summed E-state index contributed by atoms with van der Waals surface area (Å²) in [4.78, 5) is 20.1. The van der Waals surface area contributed by atoms with Crippen molar-refractivity contribution >= 4 is 28.9 Å². The van der Waals surface area contributed by atoms with E-state index in [1.54, 1.807) is 0 Å². The van der Waals surface area contributed by atoms with E-state index in [1.807, 2.05) is 0 Å². The van der Waals surface area contributed by atoms with Crippen LogP contribution in [-0.2, 0) is 9.53 Å². The number of halogens is 1. The standard InChI is InChI=1S/C10H11ClN2O5/c11-8-5-7(13(16)17)1-2-9(8)12-3-4-18-6-10(14)15/h1-2,5,12H,3-4,6H2,(H,14,15). The van der Waals surface area contributed by atoms with Crippen LogP contribution in [0.5, 0.6) is 0 Å². The van der Waals surface area contributed by atoms with Crippen molar-refractivity contribution in [3.63, 3.8) is 0 Å². The van der Waals surface area contributed by atoms with Crippen LogP contribution in [0.2, 0.25) is 5.02 Å². The van der Waals surface area contributed by atoms with Gasteiger partial charge in [-0.15, -0.1) is 0 Å². The lowest BCUT2D eigenvalue weighted by Crippen LogP contribution is -2.14. The Hall–Kier alpha value is -1.86. The molecule has 0 aromatic heterocycles. The van der Waals surface area contributed by atoms with E-state index < -0.39 is 10.9 Å². The monoisotopic (exact) mass is 274 g/mol. The highest BCUT2D eigenvalue weighted by Crippen LogP contribution is 2.26. The first-order chi connectivity index (χ1) is 8.50. The summed E-state index contributed by atoms with van der Waals surface area (Å²) in [6, 6.07) is 4.05. The third-order valence-electron chi connectivity index (χ3n) is 1.95. The maximum absolute atomic E-state index is 10.5. The van der Waals surface area contributed by atoms with E-state index >= 15 is 0 Å². The Morgan fingerprint density at radius 3 is 2.83 bits per heavy atom. The van der Waals surface area contributed by atoms with Crippen LogP contribution in [-0.4, -0.2) is 35.8 Å². The zero-order chi connectivity index (χ0) is 13.5. The van der Waals surface area contributed by atoms with Gasteiger partial charge in [0.1, 0.15) is 6.61 Å². The number of carboxylic acids is 1. The third kappa shape index (κ3) is 4.56. The number of hydrogen-bond acceptors (Lipinski definition) is 5. The first-order valence-corrected chi connectivity index (χ1v) is 5.36. The van der Waals surface area contributed by atoms with E-state index in [2.05, 4.69) is 5.32 Å². The van der Waals surface area contributed by atoms with Gasteiger partial charge in [0.05, 0.1) is 22.2 Å². The minimum Gasteiger partial charge on any atom is -0.480 e. The van der Waals surface area contributed by atoms with E-state index in [4.69, 9.17) is 21.4 Å². The van der Waals surface area contributed by atoms with Crippen LogP contribution in [0.15, 0.2) is 18.2 Å². The van der Waals surface area contributed by atoms with Crippen LogP contribution in [0, 0.1) is 10.1 Å². The quantitative estimate of drug-likeness (QED) is 0.446. The van der Waals surface area contributed by atoms with Gasteiger partial charge in [-0.2, -0.15) is 0 Å². The fourth-order valence-electron chi connectivity index (χ4n) is 1.18. The number of nitro benzene ring substituents is 1. The lowest BCUT2D eigenvalue weighted by atomic mass is 10.3. The second-order valence-electron chi connectivity index (χ2n) is 3.29. The molecule has 0 aliphatic rings. The summed E-state index contributed by atoms with van der Waals surface area (Å²) in [5, 5.41) is 21.9. The maximum Gasteiger partial charge on any atom is 0.329 e. The van der Waals surface area contributed by atoms with Crippen LogP contribution in [0.1, 0.15) is 0 Å². The van der Waals surface area contributed by atoms with Gasteiger partial charge in [-0.1, -0.05) is 11.6 Å². The Labute approximate surface area is 107 Å². The zero-order valence-corrected chi connectivity index (χ0v) is 10.0. The highest BCUT2D eigenvalue weighted by Gasteiger charge is 2.08. The summed E-state index contributed by atoms with van der Waals surface area (Å²) in [7, 11) is 0. The van der Waals surface area contributed by atoms with Crippen molar-refractivity contribution in [3.8, 4) is 0 Å². The number of aliphatic carboxylic acids is 1. The zero-order valence-electron chi connectivity index (χ0n) is 9.26. The van der Waals surface area contributed by atoms with E-state index in [-0.39, 0.29) is 23.9 Å². The molecule has 0 fully saturated rings. The number of nitro groups is 1. The van der Waals surface area contributed by atoms with Crippen molar-refractivity contribution in [2.75, 3.05) is 25.1 Å². The molecule has 0 bridgehead atoms. The number of rotatable bonds is 7. The number of non-ortho nitro benzene ring substituents is 1. The van der Waals surface area contributed by atoms with Crippen molar-refractivity contribution < 1.29 is 19.6 Å². The maximum atomic E-state index is 10.5. The van der Waals surface area contributed by atoms with Crippen LogP contribution in [0.4, 0.5) is 11.4 Å². The Balaban J connectivity index is 2.43. The van der Waals surface area contributed by atoms with Gasteiger partial charge in [-0.05, 0) is 6.07 Å². The summed E-state index contributed by atoms with van der Waals surface area (Å²) in [6.07, 6.45) is 0. The smallest absolute Gasteiger partial charge is 0.329 e. The largest absolute Gasteiger partial charge is 0.480 e. The van der Waals surface area contributed by atoms with Crippen molar-refractivity contribution in [1.29, 1.82) is 0 Å². The molecule has 0 aliphatic carbocycles. The molecular formula is C10H11ClN2O5. The molecule has 0 spiro atoms. The Morgan fingerprint density at radius 1 is 1.56 bits per heavy atom. The molecule has 2 N–H and O–H groups in total. The average molecular weight is 275 g/mol. The molecule has 98 valence electrons. The Morgan fingerprint density at radius 2 is 2.28 bits per heavy atom. The molecule has 0 atom stereocenters. The first kappa shape index (κ1) is 14.2. The Kier molecular flexibility index (Phi) is 5.34. The molecule has 0 saturated heterocycles. The molecule has 1 aromatic rings. The summed E-state index contributed by atoms with van der Waals surface area (Å²) in [5.74, 6) is -1.04. The van der Waals surface area contributed by atoms with E-state index in [9.17, 15) is 14.9 Å². The average Bonchev–Trinajstić information content (AvgIpc) is 2.29. The summed E-state index contributed by atoms with van der Waals surface area (Å²) < 4.78 is 4.81. The number of nitrogens with zero attached hydrogens (tertiary/aromatic N) is 1. The highest BCUT2D eigenvalue weighted by atomic mass is 35.5. The number of nitrogens with one attached hydrogen (secondary N) is 1. The van der Waals surface area contributed by atoms with E-state index in [1.165, 1.54) is 18.2 Å². The number of anilines is 1. The van der Waals surface area contributed by atoms with Gasteiger partial charge >= 0.3 is 5.97 Å². The number of hydrogen-bond donors (Lipinski definition) is 2. The molecule has 0 heterocycles. The first-order valence-electron chi connectivity index (χ1n) is 4.98. The second-order valence-corrected chi connectivity index (χ2v) is 3.70. The minimum absolute atomic E-state index is 0.0901.